The van der Waals surface area contributed by atoms with Crippen LogP contribution in [-0.2, 0) is 9.84 Å². The summed E-state index contributed by atoms with van der Waals surface area (Å²) in [7, 11) is -3.42. The van der Waals surface area contributed by atoms with Gasteiger partial charge in [0.25, 0.3) is 5.69 Å². The van der Waals surface area contributed by atoms with E-state index in [1.807, 2.05) is 6.92 Å². The van der Waals surface area contributed by atoms with Gasteiger partial charge in [-0.25, -0.2) is 8.42 Å². The van der Waals surface area contributed by atoms with Gasteiger partial charge in [-0.2, -0.15) is 0 Å². The Balaban J connectivity index is 2.08. The van der Waals surface area contributed by atoms with Crippen LogP contribution < -0.4 is 0 Å². The first-order valence-corrected chi connectivity index (χ1v) is 8.76. The Kier molecular flexibility index (Phi) is 4.95. The normalized spacial score (nSPS) is 18.3. The highest BCUT2D eigenvalue weighted by Gasteiger charge is 2.24. The van der Waals surface area contributed by atoms with Crippen molar-refractivity contribution in [1.29, 1.82) is 0 Å². The van der Waals surface area contributed by atoms with Gasteiger partial charge in [-0.1, -0.05) is 6.42 Å². The molecule has 0 unspecified atom stereocenters. The minimum Gasteiger partial charge on any atom is -0.300 e. The van der Waals surface area contributed by atoms with Gasteiger partial charge in [0.1, 0.15) is 0 Å². The zero-order chi connectivity index (χ0) is 15.5. The number of hydrogen-bond donors (Lipinski definition) is 0. The van der Waals surface area contributed by atoms with Crippen molar-refractivity contribution in [2.45, 2.75) is 37.1 Å². The lowest BCUT2D eigenvalue weighted by Gasteiger charge is -2.32. The second-order valence-corrected chi connectivity index (χ2v) is 7.51. The molecule has 1 aliphatic heterocycles. The van der Waals surface area contributed by atoms with E-state index >= 15 is 0 Å². The van der Waals surface area contributed by atoms with Gasteiger partial charge < -0.3 is 0 Å². The summed E-state index contributed by atoms with van der Waals surface area (Å²) < 4.78 is 24.7. The summed E-state index contributed by atoms with van der Waals surface area (Å²) in [5.41, 5.74) is -0.0990. The molecule has 0 spiro atoms. The lowest BCUT2D eigenvalue weighted by Crippen LogP contribution is -2.41. The molecule has 0 N–H and O–H groups in total. The molecule has 1 aromatic rings. The van der Waals surface area contributed by atoms with Crippen molar-refractivity contribution in [3.05, 3.63) is 34.4 Å². The molecule has 2 rings (SSSR count). The number of likely N-dealkylation sites (tertiary alicyclic amines) is 1. The first kappa shape index (κ1) is 15.9. The fourth-order valence-electron chi connectivity index (χ4n) is 2.65. The van der Waals surface area contributed by atoms with Gasteiger partial charge in [0.2, 0.25) is 0 Å². The summed E-state index contributed by atoms with van der Waals surface area (Å²) >= 11 is 0. The zero-order valence-corrected chi connectivity index (χ0v) is 12.9. The summed E-state index contributed by atoms with van der Waals surface area (Å²) in [6, 6.07) is 5.06. The molecule has 1 atom stereocenters. The fraction of sp³-hybridized carbons (Fsp3) is 0.571. The summed E-state index contributed by atoms with van der Waals surface area (Å²) in [4.78, 5) is 12.4. The number of rotatable bonds is 5. The first-order chi connectivity index (χ1) is 9.90. The SMILES string of the molecule is C[C@@H](CS(=O)(=O)c1ccc([N+](=O)[O-])cc1)N1CCCCC1. The number of nitrogens with zero attached hydrogens (tertiary/aromatic N) is 2. The Morgan fingerprint density at radius 3 is 2.29 bits per heavy atom. The van der Waals surface area contributed by atoms with Crippen molar-refractivity contribution in [1.82, 2.24) is 4.90 Å². The average molecular weight is 312 g/mol. The molecular weight excluding hydrogens is 292 g/mol. The molecule has 0 aromatic heterocycles. The summed E-state index contributed by atoms with van der Waals surface area (Å²) in [5, 5.41) is 10.6. The smallest absolute Gasteiger partial charge is 0.269 e. The van der Waals surface area contributed by atoms with Gasteiger partial charge in [0.05, 0.1) is 15.6 Å². The second kappa shape index (κ2) is 6.53. The van der Waals surface area contributed by atoms with E-state index in [4.69, 9.17) is 0 Å². The third kappa shape index (κ3) is 4.01. The molecule has 7 heteroatoms. The maximum absolute atomic E-state index is 12.4. The van der Waals surface area contributed by atoms with Crippen LogP contribution in [0.3, 0.4) is 0 Å². The van der Waals surface area contributed by atoms with E-state index in [1.165, 1.54) is 30.7 Å². The van der Waals surface area contributed by atoms with Crippen molar-refractivity contribution in [3.63, 3.8) is 0 Å². The van der Waals surface area contributed by atoms with Crippen LogP contribution in [-0.4, -0.2) is 43.1 Å². The quantitative estimate of drug-likeness (QED) is 0.615. The molecule has 1 aliphatic rings. The van der Waals surface area contributed by atoms with E-state index in [0.29, 0.717) is 0 Å². The predicted molar refractivity (Wildman–Crippen MR) is 80.0 cm³/mol. The van der Waals surface area contributed by atoms with Crippen LogP contribution in [0.4, 0.5) is 5.69 Å². The number of nitro benzene ring substituents is 1. The van der Waals surface area contributed by atoms with Gasteiger partial charge in [-0.05, 0) is 45.0 Å². The van der Waals surface area contributed by atoms with Gasteiger partial charge in [-0.3, -0.25) is 15.0 Å². The maximum atomic E-state index is 12.4. The monoisotopic (exact) mass is 312 g/mol. The molecule has 1 saturated heterocycles. The van der Waals surface area contributed by atoms with Gasteiger partial charge in [0.15, 0.2) is 9.84 Å². The Morgan fingerprint density at radius 1 is 1.19 bits per heavy atom. The second-order valence-electron chi connectivity index (χ2n) is 5.48. The van der Waals surface area contributed by atoms with Crippen molar-refractivity contribution >= 4 is 15.5 Å². The number of sulfone groups is 1. The Labute approximate surface area is 124 Å². The molecule has 1 fully saturated rings. The van der Waals surface area contributed by atoms with Crippen LogP contribution in [0.25, 0.3) is 0 Å². The van der Waals surface area contributed by atoms with E-state index < -0.39 is 14.8 Å². The summed E-state index contributed by atoms with van der Waals surface area (Å²) in [6.45, 7) is 3.81. The van der Waals surface area contributed by atoms with Crippen LogP contribution in [0.2, 0.25) is 0 Å². The molecule has 1 heterocycles. The van der Waals surface area contributed by atoms with Crippen LogP contribution in [0, 0.1) is 10.1 Å². The van der Waals surface area contributed by atoms with Crippen molar-refractivity contribution in [2.75, 3.05) is 18.8 Å². The maximum Gasteiger partial charge on any atom is 0.269 e. The van der Waals surface area contributed by atoms with E-state index in [9.17, 15) is 18.5 Å². The molecule has 21 heavy (non-hydrogen) atoms. The third-order valence-electron chi connectivity index (χ3n) is 3.88. The molecule has 0 radical (unpaired) electrons. The molecule has 0 bridgehead atoms. The standard InChI is InChI=1S/C14H20N2O4S/c1-12(15-9-3-2-4-10-15)11-21(19,20)14-7-5-13(6-8-14)16(17)18/h5-8,12H,2-4,9-11H2,1H3/t12-/m0/s1. The van der Waals surface area contributed by atoms with Gasteiger partial charge >= 0.3 is 0 Å². The van der Waals surface area contributed by atoms with Crippen LogP contribution in [0.1, 0.15) is 26.2 Å². The van der Waals surface area contributed by atoms with Crippen LogP contribution in [0.15, 0.2) is 29.2 Å². The molecule has 0 saturated carbocycles. The number of hydrogen-bond acceptors (Lipinski definition) is 5. The lowest BCUT2D eigenvalue weighted by atomic mass is 10.1. The number of nitro groups is 1. The Morgan fingerprint density at radius 2 is 1.76 bits per heavy atom. The molecule has 0 amide bonds. The topological polar surface area (TPSA) is 80.5 Å². The number of non-ortho nitro benzene ring substituents is 1. The van der Waals surface area contributed by atoms with Gasteiger partial charge in [-0.15, -0.1) is 0 Å². The molecule has 6 nitrogen and oxygen atoms in total. The molecule has 1 aromatic carbocycles. The van der Waals surface area contributed by atoms with Crippen molar-refractivity contribution in [2.24, 2.45) is 0 Å². The highest BCUT2D eigenvalue weighted by atomic mass is 32.2. The number of piperidine rings is 1. The minimum atomic E-state index is -3.42. The van der Waals surface area contributed by atoms with E-state index in [-0.39, 0.29) is 22.4 Å². The van der Waals surface area contributed by atoms with E-state index in [0.717, 1.165) is 25.9 Å². The van der Waals surface area contributed by atoms with Crippen molar-refractivity contribution < 1.29 is 13.3 Å². The Bertz CT molecular complexity index is 592. The molecular formula is C14H20N2O4S. The first-order valence-electron chi connectivity index (χ1n) is 7.11. The van der Waals surface area contributed by atoms with Gasteiger partial charge in [0, 0.05) is 18.2 Å². The average Bonchev–Trinajstić information content (AvgIpc) is 2.48. The van der Waals surface area contributed by atoms with Crippen molar-refractivity contribution in [3.8, 4) is 0 Å². The summed E-state index contributed by atoms with van der Waals surface area (Å²) in [5.74, 6) is 0.0464. The molecule has 0 aliphatic carbocycles. The van der Waals surface area contributed by atoms with Crippen LogP contribution in [0.5, 0.6) is 0 Å². The lowest BCUT2D eigenvalue weighted by molar-refractivity contribution is -0.384. The highest BCUT2D eigenvalue weighted by molar-refractivity contribution is 7.91. The number of benzene rings is 1. The molecule has 116 valence electrons. The van der Waals surface area contributed by atoms with E-state index in [2.05, 4.69) is 4.90 Å². The zero-order valence-electron chi connectivity index (χ0n) is 12.1. The largest absolute Gasteiger partial charge is 0.300 e. The van der Waals surface area contributed by atoms with E-state index in [1.54, 1.807) is 0 Å². The van der Waals surface area contributed by atoms with Crippen LogP contribution >= 0.6 is 0 Å². The predicted octanol–water partition coefficient (Wildman–Crippen LogP) is 2.24. The highest BCUT2D eigenvalue weighted by Crippen LogP contribution is 2.20. The summed E-state index contributed by atoms with van der Waals surface area (Å²) in [6.07, 6.45) is 3.43. The minimum absolute atomic E-state index is 0.0366. The Hall–Kier alpha value is -1.47. The fourth-order valence-corrected chi connectivity index (χ4v) is 4.24. The third-order valence-corrected chi connectivity index (χ3v) is 5.79.